The fourth-order valence-electron chi connectivity index (χ4n) is 2.95. The Morgan fingerprint density at radius 2 is 1.89 bits per heavy atom. The molecule has 0 saturated carbocycles. The maximum Gasteiger partial charge on any atom is 0.307 e. The summed E-state index contributed by atoms with van der Waals surface area (Å²) in [6.45, 7) is 5.18. The van der Waals surface area contributed by atoms with Crippen LogP contribution in [0.1, 0.15) is 19.4 Å². The SMILES string of the molecule is COc1cc(CC(=O)O)cc(Oc2cccc(-c3cnn(CC(C)C)c3)c2)c1. The highest BCUT2D eigenvalue weighted by Gasteiger charge is 2.09. The number of ether oxygens (including phenoxy) is 2. The van der Waals surface area contributed by atoms with Gasteiger partial charge in [0.05, 0.1) is 19.7 Å². The van der Waals surface area contributed by atoms with E-state index in [1.165, 1.54) is 0 Å². The molecule has 6 nitrogen and oxygen atoms in total. The lowest BCUT2D eigenvalue weighted by molar-refractivity contribution is -0.136. The molecule has 2 aromatic carbocycles. The van der Waals surface area contributed by atoms with Gasteiger partial charge in [-0.15, -0.1) is 0 Å². The van der Waals surface area contributed by atoms with Crippen LogP contribution in [0.4, 0.5) is 0 Å². The average Bonchev–Trinajstić information content (AvgIpc) is 3.09. The Hall–Kier alpha value is -3.28. The van der Waals surface area contributed by atoms with E-state index in [9.17, 15) is 4.79 Å². The Labute approximate surface area is 164 Å². The van der Waals surface area contributed by atoms with Gasteiger partial charge in [-0.25, -0.2) is 0 Å². The molecule has 146 valence electrons. The van der Waals surface area contributed by atoms with E-state index in [1.807, 2.05) is 41.3 Å². The maximum atomic E-state index is 11.0. The number of benzene rings is 2. The highest BCUT2D eigenvalue weighted by molar-refractivity contribution is 5.70. The molecule has 0 fully saturated rings. The first-order valence-electron chi connectivity index (χ1n) is 9.13. The number of aliphatic carboxylic acids is 1. The molecular formula is C22H24N2O4. The zero-order valence-electron chi connectivity index (χ0n) is 16.3. The van der Waals surface area contributed by atoms with Gasteiger partial charge in [-0.1, -0.05) is 26.0 Å². The number of methoxy groups -OCH3 is 1. The van der Waals surface area contributed by atoms with Crippen molar-refractivity contribution >= 4 is 5.97 Å². The molecule has 0 atom stereocenters. The molecular weight excluding hydrogens is 356 g/mol. The molecule has 0 aliphatic rings. The summed E-state index contributed by atoms with van der Waals surface area (Å²) in [5.41, 5.74) is 2.64. The summed E-state index contributed by atoms with van der Waals surface area (Å²) < 4.78 is 13.2. The summed E-state index contributed by atoms with van der Waals surface area (Å²) in [6, 6.07) is 12.9. The Morgan fingerprint density at radius 1 is 1.11 bits per heavy atom. The summed E-state index contributed by atoms with van der Waals surface area (Å²) in [7, 11) is 1.54. The van der Waals surface area contributed by atoms with Crippen molar-refractivity contribution in [2.45, 2.75) is 26.8 Å². The van der Waals surface area contributed by atoms with Crippen LogP contribution in [-0.4, -0.2) is 28.0 Å². The molecule has 1 aromatic heterocycles. The smallest absolute Gasteiger partial charge is 0.307 e. The molecule has 0 saturated heterocycles. The number of nitrogens with zero attached hydrogens (tertiary/aromatic N) is 2. The third-order valence-electron chi connectivity index (χ3n) is 4.12. The summed E-state index contributed by atoms with van der Waals surface area (Å²) >= 11 is 0. The van der Waals surface area contributed by atoms with Crippen LogP contribution < -0.4 is 9.47 Å². The predicted molar refractivity (Wildman–Crippen MR) is 107 cm³/mol. The standard InChI is InChI=1S/C22H24N2O4/c1-15(2)13-24-14-18(12-23-24)17-5-4-6-19(10-17)28-21-8-16(9-22(25)26)7-20(11-21)27-3/h4-8,10-12,14-15H,9,13H2,1-3H3,(H,25,26). The van der Waals surface area contributed by atoms with Crippen LogP contribution in [0.25, 0.3) is 11.1 Å². The molecule has 6 heteroatoms. The zero-order chi connectivity index (χ0) is 20.1. The van der Waals surface area contributed by atoms with E-state index >= 15 is 0 Å². The van der Waals surface area contributed by atoms with E-state index in [-0.39, 0.29) is 6.42 Å². The number of hydrogen-bond acceptors (Lipinski definition) is 4. The van der Waals surface area contributed by atoms with Crippen LogP contribution in [-0.2, 0) is 17.8 Å². The van der Waals surface area contributed by atoms with Crippen molar-refractivity contribution in [3.8, 4) is 28.4 Å². The second-order valence-corrected chi connectivity index (χ2v) is 7.06. The molecule has 0 spiro atoms. The Kier molecular flexibility index (Phi) is 5.99. The van der Waals surface area contributed by atoms with Gasteiger partial charge in [0.2, 0.25) is 0 Å². The molecule has 0 unspecified atom stereocenters. The number of hydrogen-bond donors (Lipinski definition) is 1. The number of aromatic nitrogens is 2. The fraction of sp³-hybridized carbons (Fsp3) is 0.273. The molecule has 1 N–H and O–H groups in total. The highest BCUT2D eigenvalue weighted by Crippen LogP contribution is 2.30. The van der Waals surface area contributed by atoms with Gasteiger partial charge < -0.3 is 14.6 Å². The van der Waals surface area contributed by atoms with Crippen LogP contribution >= 0.6 is 0 Å². The normalized spacial score (nSPS) is 10.9. The van der Waals surface area contributed by atoms with Gasteiger partial charge in [0, 0.05) is 24.4 Å². The second-order valence-electron chi connectivity index (χ2n) is 7.06. The molecule has 0 aliphatic carbocycles. The maximum absolute atomic E-state index is 11.0. The summed E-state index contributed by atoms with van der Waals surface area (Å²) in [5.74, 6) is 1.36. The first-order valence-corrected chi connectivity index (χ1v) is 9.13. The number of carbonyl (C=O) groups is 1. The average molecular weight is 380 g/mol. The zero-order valence-corrected chi connectivity index (χ0v) is 16.3. The third-order valence-corrected chi connectivity index (χ3v) is 4.12. The van der Waals surface area contributed by atoms with Crippen LogP contribution in [0.3, 0.4) is 0 Å². The first-order chi connectivity index (χ1) is 13.4. The Bertz CT molecular complexity index is 963. The van der Waals surface area contributed by atoms with Gasteiger partial charge in [-0.2, -0.15) is 5.10 Å². The van der Waals surface area contributed by atoms with Gasteiger partial charge in [-0.3, -0.25) is 9.48 Å². The highest BCUT2D eigenvalue weighted by atomic mass is 16.5. The lowest BCUT2D eigenvalue weighted by Crippen LogP contribution is -2.03. The second kappa shape index (κ2) is 8.61. The predicted octanol–water partition coefficient (Wildman–Crippen LogP) is 4.63. The molecule has 0 amide bonds. The Balaban J connectivity index is 1.83. The molecule has 3 rings (SSSR count). The number of carboxylic acid groups (broad SMARTS) is 1. The summed E-state index contributed by atoms with van der Waals surface area (Å²) in [6.07, 6.45) is 3.77. The third kappa shape index (κ3) is 5.13. The molecule has 28 heavy (non-hydrogen) atoms. The lowest BCUT2D eigenvalue weighted by atomic mass is 10.1. The minimum absolute atomic E-state index is 0.0946. The molecule has 1 heterocycles. The van der Waals surface area contributed by atoms with Crippen molar-refractivity contribution in [1.82, 2.24) is 9.78 Å². The van der Waals surface area contributed by atoms with Crippen LogP contribution in [0.2, 0.25) is 0 Å². The van der Waals surface area contributed by atoms with Crippen LogP contribution in [0.15, 0.2) is 54.9 Å². The van der Waals surface area contributed by atoms with Gasteiger partial charge in [0.25, 0.3) is 0 Å². The van der Waals surface area contributed by atoms with E-state index in [0.29, 0.717) is 28.7 Å². The first kappa shape index (κ1) is 19.5. The van der Waals surface area contributed by atoms with Crippen LogP contribution in [0.5, 0.6) is 17.2 Å². The minimum Gasteiger partial charge on any atom is -0.497 e. The van der Waals surface area contributed by atoms with Gasteiger partial charge in [0.15, 0.2) is 0 Å². The van der Waals surface area contributed by atoms with Crippen molar-refractivity contribution in [1.29, 1.82) is 0 Å². The van der Waals surface area contributed by atoms with Gasteiger partial charge >= 0.3 is 5.97 Å². The van der Waals surface area contributed by atoms with Gasteiger partial charge in [0.1, 0.15) is 17.2 Å². The lowest BCUT2D eigenvalue weighted by Gasteiger charge is -2.10. The van der Waals surface area contributed by atoms with Crippen molar-refractivity contribution in [3.05, 3.63) is 60.4 Å². The van der Waals surface area contributed by atoms with Crippen molar-refractivity contribution in [3.63, 3.8) is 0 Å². The van der Waals surface area contributed by atoms with Crippen molar-refractivity contribution in [2.75, 3.05) is 7.11 Å². The molecule has 0 radical (unpaired) electrons. The molecule has 0 aliphatic heterocycles. The molecule has 0 bridgehead atoms. The monoisotopic (exact) mass is 380 g/mol. The number of rotatable bonds is 8. The van der Waals surface area contributed by atoms with E-state index < -0.39 is 5.97 Å². The number of carboxylic acids is 1. The van der Waals surface area contributed by atoms with E-state index in [4.69, 9.17) is 14.6 Å². The fourth-order valence-corrected chi connectivity index (χ4v) is 2.95. The van der Waals surface area contributed by atoms with E-state index in [0.717, 1.165) is 17.7 Å². The van der Waals surface area contributed by atoms with Crippen LogP contribution in [0, 0.1) is 5.92 Å². The minimum atomic E-state index is -0.903. The Morgan fingerprint density at radius 3 is 2.61 bits per heavy atom. The largest absolute Gasteiger partial charge is 0.497 e. The topological polar surface area (TPSA) is 73.6 Å². The van der Waals surface area contributed by atoms with Gasteiger partial charge in [-0.05, 0) is 41.3 Å². The van der Waals surface area contributed by atoms with E-state index in [1.54, 1.807) is 25.3 Å². The summed E-state index contributed by atoms with van der Waals surface area (Å²) in [4.78, 5) is 11.0. The quantitative estimate of drug-likeness (QED) is 0.616. The summed E-state index contributed by atoms with van der Waals surface area (Å²) in [5, 5.41) is 13.5. The van der Waals surface area contributed by atoms with Crippen molar-refractivity contribution in [2.24, 2.45) is 5.92 Å². The van der Waals surface area contributed by atoms with Crippen molar-refractivity contribution < 1.29 is 19.4 Å². The molecule has 3 aromatic rings. The van der Waals surface area contributed by atoms with E-state index in [2.05, 4.69) is 18.9 Å².